The fourth-order valence-corrected chi connectivity index (χ4v) is 2.30. The lowest BCUT2D eigenvalue weighted by atomic mass is 9.94. The van der Waals surface area contributed by atoms with Crippen molar-refractivity contribution >= 4 is 0 Å². The maximum atomic E-state index is 9.76. The molecule has 3 rings (SSSR count). The first-order valence-corrected chi connectivity index (χ1v) is 6.55. The minimum absolute atomic E-state index is 0.181. The molecular weight excluding hydrogens is 264 g/mol. The van der Waals surface area contributed by atoms with Gasteiger partial charge in [-0.05, 0) is 58.7 Å². The maximum Gasteiger partial charge on any atom is 0.116 e. The van der Waals surface area contributed by atoms with Crippen molar-refractivity contribution in [2.24, 2.45) is 0 Å². The molecule has 0 aliphatic heterocycles. The molecule has 3 nitrogen and oxygen atoms in total. The Hall–Kier alpha value is -2.94. The minimum Gasteiger partial charge on any atom is -0.508 e. The Morgan fingerprint density at radius 3 is 1.38 bits per heavy atom. The van der Waals surface area contributed by atoms with E-state index in [1.807, 2.05) is 18.2 Å². The van der Waals surface area contributed by atoms with E-state index in [2.05, 4.69) is 0 Å². The summed E-state index contributed by atoms with van der Waals surface area (Å²) in [6.07, 6.45) is 0. The molecule has 0 heterocycles. The molecule has 0 atom stereocenters. The van der Waals surface area contributed by atoms with E-state index < -0.39 is 0 Å². The van der Waals surface area contributed by atoms with E-state index in [1.54, 1.807) is 48.5 Å². The van der Waals surface area contributed by atoms with Gasteiger partial charge in [-0.25, -0.2) is 0 Å². The predicted molar refractivity (Wildman–Crippen MR) is 82.3 cm³/mol. The standard InChI is InChI=1S/C18H14O3/c19-14-5-1-12(2-6-14)17-10-9-16(21)11-18(17)13-3-7-15(20)8-4-13/h1-11,19-21H. The van der Waals surface area contributed by atoms with Crippen molar-refractivity contribution in [2.75, 3.05) is 0 Å². The lowest BCUT2D eigenvalue weighted by Crippen LogP contribution is -1.85. The molecule has 0 aliphatic carbocycles. The number of hydrogen-bond acceptors (Lipinski definition) is 3. The third kappa shape index (κ3) is 2.67. The van der Waals surface area contributed by atoms with Gasteiger partial charge in [0.05, 0.1) is 0 Å². The van der Waals surface area contributed by atoms with E-state index in [4.69, 9.17) is 0 Å². The Bertz CT molecular complexity index is 759. The van der Waals surface area contributed by atoms with Crippen molar-refractivity contribution in [1.29, 1.82) is 0 Å². The van der Waals surface area contributed by atoms with Crippen LogP contribution in [0, 0.1) is 0 Å². The van der Waals surface area contributed by atoms with Crippen molar-refractivity contribution in [2.45, 2.75) is 0 Å². The van der Waals surface area contributed by atoms with Crippen LogP contribution in [0.4, 0.5) is 0 Å². The number of hydrogen-bond donors (Lipinski definition) is 3. The second kappa shape index (κ2) is 5.21. The molecule has 21 heavy (non-hydrogen) atoms. The van der Waals surface area contributed by atoms with E-state index >= 15 is 0 Å². The topological polar surface area (TPSA) is 60.7 Å². The summed E-state index contributed by atoms with van der Waals surface area (Å²) in [5, 5.41) is 28.5. The van der Waals surface area contributed by atoms with Crippen LogP contribution in [0.2, 0.25) is 0 Å². The monoisotopic (exact) mass is 278 g/mol. The van der Waals surface area contributed by atoms with Crippen LogP contribution < -0.4 is 0 Å². The van der Waals surface area contributed by atoms with Crippen LogP contribution in [0.1, 0.15) is 0 Å². The summed E-state index contributed by atoms with van der Waals surface area (Å²) >= 11 is 0. The third-order valence-corrected chi connectivity index (χ3v) is 3.36. The molecule has 0 aromatic heterocycles. The summed E-state index contributed by atoms with van der Waals surface area (Å²) in [5.41, 5.74) is 3.64. The van der Waals surface area contributed by atoms with Gasteiger partial charge in [0.2, 0.25) is 0 Å². The highest BCUT2D eigenvalue weighted by Gasteiger charge is 2.09. The molecule has 104 valence electrons. The van der Waals surface area contributed by atoms with E-state index in [0.717, 1.165) is 22.3 Å². The first-order chi connectivity index (χ1) is 10.1. The summed E-state index contributed by atoms with van der Waals surface area (Å²) in [6, 6.07) is 18.9. The van der Waals surface area contributed by atoms with Gasteiger partial charge >= 0.3 is 0 Å². The highest BCUT2D eigenvalue weighted by molar-refractivity contribution is 5.84. The van der Waals surface area contributed by atoms with Gasteiger partial charge in [0.15, 0.2) is 0 Å². The molecule has 3 aromatic rings. The van der Waals surface area contributed by atoms with Crippen LogP contribution in [0.25, 0.3) is 22.3 Å². The number of benzene rings is 3. The Balaban J connectivity index is 2.17. The number of phenolic OH excluding ortho intramolecular Hbond substituents is 3. The second-order valence-corrected chi connectivity index (χ2v) is 4.82. The smallest absolute Gasteiger partial charge is 0.116 e. The molecule has 0 saturated heterocycles. The van der Waals surface area contributed by atoms with Gasteiger partial charge in [-0.1, -0.05) is 30.3 Å². The zero-order valence-electron chi connectivity index (χ0n) is 11.2. The zero-order valence-corrected chi connectivity index (χ0v) is 11.2. The molecule has 0 unspecified atom stereocenters. The Kier molecular flexibility index (Phi) is 3.24. The third-order valence-electron chi connectivity index (χ3n) is 3.36. The van der Waals surface area contributed by atoms with Gasteiger partial charge in [0.1, 0.15) is 17.2 Å². The molecule has 0 spiro atoms. The van der Waals surface area contributed by atoms with Gasteiger partial charge in [-0.15, -0.1) is 0 Å². The van der Waals surface area contributed by atoms with Gasteiger partial charge in [0.25, 0.3) is 0 Å². The average molecular weight is 278 g/mol. The number of phenols is 3. The highest BCUT2D eigenvalue weighted by atomic mass is 16.3. The predicted octanol–water partition coefficient (Wildman–Crippen LogP) is 4.14. The van der Waals surface area contributed by atoms with E-state index in [0.29, 0.717) is 0 Å². The van der Waals surface area contributed by atoms with Crippen molar-refractivity contribution in [3.8, 4) is 39.5 Å². The van der Waals surface area contributed by atoms with Crippen LogP contribution in [0.3, 0.4) is 0 Å². The van der Waals surface area contributed by atoms with E-state index in [9.17, 15) is 15.3 Å². The average Bonchev–Trinajstić information content (AvgIpc) is 2.49. The van der Waals surface area contributed by atoms with Crippen LogP contribution in [0.15, 0.2) is 66.7 Å². The second-order valence-electron chi connectivity index (χ2n) is 4.82. The Labute approximate surface area is 122 Å². The van der Waals surface area contributed by atoms with Crippen LogP contribution in [-0.4, -0.2) is 15.3 Å². The molecule has 3 N–H and O–H groups in total. The lowest BCUT2D eigenvalue weighted by Gasteiger charge is -2.11. The van der Waals surface area contributed by atoms with Gasteiger partial charge in [-0.3, -0.25) is 0 Å². The molecule has 0 radical (unpaired) electrons. The normalized spacial score (nSPS) is 10.5. The fourth-order valence-electron chi connectivity index (χ4n) is 2.30. The molecule has 0 amide bonds. The van der Waals surface area contributed by atoms with Gasteiger partial charge < -0.3 is 15.3 Å². The highest BCUT2D eigenvalue weighted by Crippen LogP contribution is 2.35. The molecule has 0 saturated carbocycles. The quantitative estimate of drug-likeness (QED) is 0.660. The molecular formula is C18H14O3. The van der Waals surface area contributed by atoms with Gasteiger partial charge in [0, 0.05) is 0 Å². The SMILES string of the molecule is Oc1ccc(-c2ccc(O)cc2-c2ccc(O)cc2)cc1. The van der Waals surface area contributed by atoms with E-state index in [-0.39, 0.29) is 17.2 Å². The first-order valence-electron chi connectivity index (χ1n) is 6.55. The molecule has 3 aromatic carbocycles. The van der Waals surface area contributed by atoms with E-state index in [1.165, 1.54) is 0 Å². The Morgan fingerprint density at radius 1 is 0.429 bits per heavy atom. The lowest BCUT2D eigenvalue weighted by molar-refractivity contribution is 0.474. The largest absolute Gasteiger partial charge is 0.508 e. The Morgan fingerprint density at radius 2 is 0.857 bits per heavy atom. The van der Waals surface area contributed by atoms with Crippen molar-refractivity contribution in [3.63, 3.8) is 0 Å². The van der Waals surface area contributed by atoms with Crippen LogP contribution in [0.5, 0.6) is 17.2 Å². The molecule has 3 heteroatoms. The molecule has 0 bridgehead atoms. The number of aromatic hydroxyl groups is 3. The van der Waals surface area contributed by atoms with Crippen molar-refractivity contribution in [1.82, 2.24) is 0 Å². The van der Waals surface area contributed by atoms with Gasteiger partial charge in [-0.2, -0.15) is 0 Å². The van der Waals surface area contributed by atoms with Crippen molar-refractivity contribution in [3.05, 3.63) is 66.7 Å². The number of rotatable bonds is 2. The van der Waals surface area contributed by atoms with Crippen LogP contribution in [-0.2, 0) is 0 Å². The van der Waals surface area contributed by atoms with Crippen molar-refractivity contribution < 1.29 is 15.3 Å². The fraction of sp³-hybridized carbons (Fsp3) is 0. The summed E-state index contributed by atoms with van der Waals surface area (Å²) in [5.74, 6) is 0.592. The summed E-state index contributed by atoms with van der Waals surface area (Å²) in [4.78, 5) is 0. The van der Waals surface area contributed by atoms with Crippen LogP contribution >= 0.6 is 0 Å². The molecule has 0 aliphatic rings. The minimum atomic E-state index is 0.181. The zero-order chi connectivity index (χ0) is 14.8. The first kappa shape index (κ1) is 13.1. The summed E-state index contributed by atoms with van der Waals surface area (Å²) in [7, 11) is 0. The maximum absolute atomic E-state index is 9.76. The summed E-state index contributed by atoms with van der Waals surface area (Å²) < 4.78 is 0. The molecule has 0 fully saturated rings. The summed E-state index contributed by atoms with van der Waals surface area (Å²) in [6.45, 7) is 0.